The molecule has 0 aliphatic rings. The third-order valence-electron chi connectivity index (χ3n) is 5.12. The molecule has 0 heterocycles. The van der Waals surface area contributed by atoms with Crippen molar-refractivity contribution in [3.63, 3.8) is 0 Å². The second kappa shape index (κ2) is 11.9. The predicted molar refractivity (Wildman–Crippen MR) is 126 cm³/mol. The van der Waals surface area contributed by atoms with Crippen LogP contribution in [0, 0.1) is 17.0 Å². The van der Waals surface area contributed by atoms with Gasteiger partial charge in [0.15, 0.2) is 6.10 Å². The zero-order valence-electron chi connectivity index (χ0n) is 18.8. The van der Waals surface area contributed by atoms with Crippen molar-refractivity contribution in [3.8, 4) is 5.75 Å². The lowest BCUT2D eigenvalue weighted by Crippen LogP contribution is -2.31. The van der Waals surface area contributed by atoms with E-state index < -0.39 is 29.2 Å². The standard InChI is InChI=1S/C26H27F2N3O3/c1-2-33-24(26(32)31-16-18-8-10-19(11-9-18)25(29)30)23-21(27)14-20(15-22(23)28)34-13-12-17-6-4-3-5-7-17/h3-11,14-15,24H,2,12-13,16H2,1H3,(H3,29,30)(H,31,32)/t24-/m0/s1. The Labute approximate surface area is 197 Å². The quantitative estimate of drug-likeness (QED) is 0.290. The number of rotatable bonds is 11. The van der Waals surface area contributed by atoms with Crippen LogP contribution in [0.3, 0.4) is 0 Å². The Morgan fingerprint density at radius 1 is 1.03 bits per heavy atom. The number of amidine groups is 1. The molecule has 3 aromatic rings. The van der Waals surface area contributed by atoms with E-state index in [-0.39, 0.29) is 31.3 Å². The number of nitrogen functional groups attached to an aromatic ring is 1. The van der Waals surface area contributed by atoms with Gasteiger partial charge in [-0.1, -0.05) is 54.6 Å². The molecule has 0 aliphatic heterocycles. The molecule has 0 unspecified atom stereocenters. The molecule has 3 rings (SSSR count). The van der Waals surface area contributed by atoms with E-state index >= 15 is 0 Å². The maximum absolute atomic E-state index is 14.9. The van der Waals surface area contributed by atoms with E-state index in [1.54, 1.807) is 31.2 Å². The minimum Gasteiger partial charge on any atom is -0.493 e. The van der Waals surface area contributed by atoms with E-state index in [1.165, 1.54) is 0 Å². The summed E-state index contributed by atoms with van der Waals surface area (Å²) < 4.78 is 40.6. The smallest absolute Gasteiger partial charge is 0.254 e. The van der Waals surface area contributed by atoms with Crippen molar-refractivity contribution in [3.05, 3.63) is 101 Å². The van der Waals surface area contributed by atoms with Gasteiger partial charge in [0.05, 0.1) is 12.2 Å². The molecule has 6 nitrogen and oxygen atoms in total. The fourth-order valence-corrected chi connectivity index (χ4v) is 3.37. The Balaban J connectivity index is 1.67. The average molecular weight is 468 g/mol. The minimum absolute atomic E-state index is 0.0379. The molecule has 34 heavy (non-hydrogen) atoms. The highest BCUT2D eigenvalue weighted by Crippen LogP contribution is 2.28. The first-order valence-electron chi connectivity index (χ1n) is 10.9. The van der Waals surface area contributed by atoms with E-state index in [4.69, 9.17) is 20.6 Å². The third-order valence-corrected chi connectivity index (χ3v) is 5.12. The van der Waals surface area contributed by atoms with Gasteiger partial charge in [-0.2, -0.15) is 0 Å². The second-order valence-corrected chi connectivity index (χ2v) is 7.55. The summed E-state index contributed by atoms with van der Waals surface area (Å²) in [6, 6.07) is 18.4. The molecule has 178 valence electrons. The van der Waals surface area contributed by atoms with Gasteiger partial charge < -0.3 is 20.5 Å². The molecule has 0 aliphatic carbocycles. The van der Waals surface area contributed by atoms with E-state index in [1.807, 2.05) is 30.3 Å². The first-order chi connectivity index (χ1) is 16.4. The highest BCUT2D eigenvalue weighted by atomic mass is 19.1. The largest absolute Gasteiger partial charge is 0.493 e. The van der Waals surface area contributed by atoms with Crippen molar-refractivity contribution >= 4 is 11.7 Å². The van der Waals surface area contributed by atoms with Crippen LogP contribution in [0.15, 0.2) is 66.7 Å². The van der Waals surface area contributed by atoms with Gasteiger partial charge in [0.1, 0.15) is 23.2 Å². The monoisotopic (exact) mass is 467 g/mol. The van der Waals surface area contributed by atoms with Crippen LogP contribution in [0.25, 0.3) is 0 Å². The molecular weight excluding hydrogens is 440 g/mol. The third kappa shape index (κ3) is 6.62. The summed E-state index contributed by atoms with van der Waals surface area (Å²) in [6.45, 7) is 2.09. The molecule has 0 bridgehead atoms. The maximum atomic E-state index is 14.9. The number of nitrogens with one attached hydrogen (secondary N) is 2. The fraction of sp³-hybridized carbons (Fsp3) is 0.231. The summed E-state index contributed by atoms with van der Waals surface area (Å²) in [6.07, 6.45) is -0.872. The second-order valence-electron chi connectivity index (χ2n) is 7.55. The zero-order valence-corrected chi connectivity index (χ0v) is 18.8. The van der Waals surface area contributed by atoms with Crippen molar-refractivity contribution in [2.45, 2.75) is 26.0 Å². The van der Waals surface area contributed by atoms with Gasteiger partial charge in [0.25, 0.3) is 5.91 Å². The first-order valence-corrected chi connectivity index (χ1v) is 10.9. The lowest BCUT2D eigenvalue weighted by atomic mass is 10.1. The molecule has 0 saturated heterocycles. The van der Waals surface area contributed by atoms with Gasteiger partial charge in [-0.25, -0.2) is 8.78 Å². The van der Waals surface area contributed by atoms with Gasteiger partial charge in [0.2, 0.25) is 0 Å². The number of benzene rings is 3. The lowest BCUT2D eigenvalue weighted by molar-refractivity contribution is -0.133. The molecular formula is C26H27F2N3O3. The van der Waals surface area contributed by atoms with Gasteiger partial charge in [0, 0.05) is 37.3 Å². The predicted octanol–water partition coefficient (Wildman–Crippen LogP) is 4.26. The first kappa shape index (κ1) is 24.9. The lowest BCUT2D eigenvalue weighted by Gasteiger charge is -2.19. The molecule has 1 atom stereocenters. The molecule has 0 radical (unpaired) electrons. The number of ether oxygens (including phenoxy) is 2. The average Bonchev–Trinajstić information content (AvgIpc) is 2.82. The molecule has 4 N–H and O–H groups in total. The molecule has 0 fully saturated rings. The highest BCUT2D eigenvalue weighted by Gasteiger charge is 2.28. The normalized spacial score (nSPS) is 11.6. The zero-order chi connectivity index (χ0) is 24.5. The van der Waals surface area contributed by atoms with Gasteiger partial charge in [-0.05, 0) is 18.1 Å². The number of amides is 1. The van der Waals surface area contributed by atoms with Crippen molar-refractivity contribution in [1.29, 1.82) is 5.41 Å². The minimum atomic E-state index is -1.46. The summed E-state index contributed by atoms with van der Waals surface area (Å²) in [7, 11) is 0. The number of nitrogens with two attached hydrogens (primary N) is 1. The topological polar surface area (TPSA) is 97.4 Å². The van der Waals surface area contributed by atoms with Gasteiger partial charge in [-0.15, -0.1) is 0 Å². The van der Waals surface area contributed by atoms with Crippen molar-refractivity contribution in [2.75, 3.05) is 13.2 Å². The molecule has 3 aromatic carbocycles. The SMILES string of the molecule is CCO[C@H](C(=O)NCc1ccc(C(=N)N)cc1)c1c(F)cc(OCCc2ccccc2)cc1F. The van der Waals surface area contributed by atoms with Crippen molar-refractivity contribution < 1.29 is 23.0 Å². The van der Waals surface area contributed by atoms with Crippen LogP contribution in [-0.4, -0.2) is 25.0 Å². The molecule has 8 heteroatoms. The Morgan fingerprint density at radius 2 is 1.68 bits per heavy atom. The molecule has 0 aromatic heterocycles. The van der Waals surface area contributed by atoms with Crippen LogP contribution in [0.2, 0.25) is 0 Å². The Kier molecular flexibility index (Phi) is 8.70. The number of hydrogen-bond acceptors (Lipinski definition) is 4. The number of hydrogen-bond donors (Lipinski definition) is 3. The van der Waals surface area contributed by atoms with Crippen LogP contribution in [0.4, 0.5) is 8.78 Å². The summed E-state index contributed by atoms with van der Waals surface area (Å²) >= 11 is 0. The van der Waals surface area contributed by atoms with Crippen LogP contribution in [-0.2, 0) is 22.5 Å². The van der Waals surface area contributed by atoms with Gasteiger partial charge >= 0.3 is 0 Å². The number of carbonyl (C=O) groups is 1. The Morgan fingerprint density at radius 3 is 2.26 bits per heavy atom. The van der Waals surface area contributed by atoms with Crippen LogP contribution in [0.1, 0.15) is 35.3 Å². The Bertz CT molecular complexity index is 1100. The Hall–Kier alpha value is -3.78. The summed E-state index contributed by atoms with van der Waals surface area (Å²) in [4.78, 5) is 12.7. The van der Waals surface area contributed by atoms with Crippen molar-refractivity contribution in [2.24, 2.45) is 5.73 Å². The van der Waals surface area contributed by atoms with E-state index in [2.05, 4.69) is 5.32 Å². The van der Waals surface area contributed by atoms with Crippen molar-refractivity contribution in [1.82, 2.24) is 5.32 Å². The van der Waals surface area contributed by atoms with E-state index in [0.717, 1.165) is 23.3 Å². The highest BCUT2D eigenvalue weighted by molar-refractivity contribution is 5.94. The van der Waals surface area contributed by atoms with Crippen LogP contribution in [0.5, 0.6) is 5.75 Å². The maximum Gasteiger partial charge on any atom is 0.254 e. The van der Waals surface area contributed by atoms with E-state index in [0.29, 0.717) is 12.0 Å². The van der Waals surface area contributed by atoms with Crippen LogP contribution >= 0.6 is 0 Å². The summed E-state index contributed by atoms with van der Waals surface area (Å²) in [5.41, 5.74) is 7.29. The van der Waals surface area contributed by atoms with Crippen LogP contribution < -0.4 is 15.8 Å². The molecule has 1 amide bonds. The number of halogens is 2. The number of carbonyl (C=O) groups excluding carboxylic acids is 1. The fourth-order valence-electron chi connectivity index (χ4n) is 3.37. The molecule has 0 saturated carbocycles. The van der Waals surface area contributed by atoms with E-state index in [9.17, 15) is 13.6 Å². The molecule has 0 spiro atoms. The summed E-state index contributed by atoms with van der Waals surface area (Å²) in [5, 5.41) is 10.1. The van der Waals surface area contributed by atoms with Gasteiger partial charge in [-0.3, -0.25) is 10.2 Å². The summed E-state index contributed by atoms with van der Waals surface area (Å²) in [5.74, 6) is -2.54.